The molecule has 0 saturated heterocycles. The summed E-state index contributed by atoms with van der Waals surface area (Å²) in [7, 11) is 0. The Balaban J connectivity index is 2.49. The van der Waals surface area contributed by atoms with Crippen LogP contribution in [0.3, 0.4) is 0 Å². The third-order valence-electron chi connectivity index (χ3n) is 1.98. The standard InChI is InChI=1S/C9H14O2S/c1-6(5-12)7(2)9(10)11-8-3-4-8/h8,12H,3-5H2,1-2H3/b7-6+. The molecular formula is C9H14O2S. The maximum absolute atomic E-state index is 11.3. The molecule has 2 nitrogen and oxygen atoms in total. The van der Waals surface area contributed by atoms with Crippen molar-refractivity contribution in [2.45, 2.75) is 32.8 Å². The van der Waals surface area contributed by atoms with Crippen molar-refractivity contribution in [1.29, 1.82) is 0 Å². The third kappa shape index (κ3) is 2.55. The molecule has 0 amide bonds. The van der Waals surface area contributed by atoms with Gasteiger partial charge in [-0.15, -0.1) is 0 Å². The van der Waals surface area contributed by atoms with Crippen LogP contribution in [0.25, 0.3) is 0 Å². The van der Waals surface area contributed by atoms with E-state index < -0.39 is 0 Å². The SMILES string of the molecule is C/C(CS)=C(/C)C(=O)OC1CC1. The molecule has 12 heavy (non-hydrogen) atoms. The average Bonchev–Trinajstić information content (AvgIpc) is 2.85. The highest BCUT2D eigenvalue weighted by molar-refractivity contribution is 7.80. The molecule has 0 aromatic rings. The van der Waals surface area contributed by atoms with Gasteiger partial charge in [-0.05, 0) is 26.7 Å². The van der Waals surface area contributed by atoms with Crippen molar-refractivity contribution in [2.75, 3.05) is 5.75 Å². The number of carbonyl (C=O) groups excluding carboxylic acids is 1. The second-order valence-electron chi connectivity index (χ2n) is 3.17. The second kappa shape index (κ2) is 3.99. The average molecular weight is 186 g/mol. The highest BCUT2D eigenvalue weighted by atomic mass is 32.1. The van der Waals surface area contributed by atoms with Gasteiger partial charge < -0.3 is 4.74 Å². The third-order valence-corrected chi connectivity index (χ3v) is 2.46. The van der Waals surface area contributed by atoms with E-state index in [9.17, 15) is 4.79 Å². The summed E-state index contributed by atoms with van der Waals surface area (Å²) in [5.74, 6) is 0.440. The monoisotopic (exact) mass is 186 g/mol. The van der Waals surface area contributed by atoms with Crippen LogP contribution in [0.2, 0.25) is 0 Å². The maximum Gasteiger partial charge on any atom is 0.333 e. The van der Waals surface area contributed by atoms with E-state index in [1.807, 2.05) is 6.92 Å². The minimum atomic E-state index is -0.177. The first-order valence-electron chi connectivity index (χ1n) is 4.13. The fourth-order valence-corrected chi connectivity index (χ4v) is 0.956. The Labute approximate surface area is 78.4 Å². The zero-order valence-corrected chi connectivity index (χ0v) is 8.36. The van der Waals surface area contributed by atoms with Gasteiger partial charge in [0.1, 0.15) is 6.10 Å². The molecule has 1 aliphatic rings. The first-order valence-corrected chi connectivity index (χ1v) is 4.76. The van der Waals surface area contributed by atoms with Crippen LogP contribution < -0.4 is 0 Å². The van der Waals surface area contributed by atoms with Gasteiger partial charge in [0, 0.05) is 11.3 Å². The highest BCUT2D eigenvalue weighted by Gasteiger charge is 2.26. The van der Waals surface area contributed by atoms with Crippen molar-refractivity contribution in [3.63, 3.8) is 0 Å². The lowest BCUT2D eigenvalue weighted by molar-refractivity contribution is -0.140. The topological polar surface area (TPSA) is 26.3 Å². The lowest BCUT2D eigenvalue weighted by Crippen LogP contribution is -2.09. The minimum Gasteiger partial charge on any atom is -0.459 e. The molecule has 0 aromatic carbocycles. The lowest BCUT2D eigenvalue weighted by atomic mass is 10.2. The first-order chi connectivity index (χ1) is 5.65. The zero-order chi connectivity index (χ0) is 9.14. The minimum absolute atomic E-state index is 0.177. The van der Waals surface area contributed by atoms with Crippen molar-refractivity contribution in [3.05, 3.63) is 11.1 Å². The number of hydrogen-bond acceptors (Lipinski definition) is 3. The second-order valence-corrected chi connectivity index (χ2v) is 3.48. The summed E-state index contributed by atoms with van der Waals surface area (Å²) < 4.78 is 5.12. The van der Waals surface area contributed by atoms with Crippen LogP contribution >= 0.6 is 12.6 Å². The van der Waals surface area contributed by atoms with Crippen molar-refractivity contribution in [1.82, 2.24) is 0 Å². The van der Waals surface area contributed by atoms with E-state index in [0.717, 1.165) is 18.4 Å². The van der Waals surface area contributed by atoms with Crippen molar-refractivity contribution in [3.8, 4) is 0 Å². The maximum atomic E-state index is 11.3. The van der Waals surface area contributed by atoms with E-state index in [0.29, 0.717) is 11.3 Å². The molecule has 3 heteroatoms. The summed E-state index contributed by atoms with van der Waals surface area (Å²) in [5.41, 5.74) is 1.70. The van der Waals surface area contributed by atoms with Crippen LogP contribution in [0.15, 0.2) is 11.1 Å². The molecule has 0 radical (unpaired) electrons. The first kappa shape index (κ1) is 9.65. The van der Waals surface area contributed by atoms with Crippen LogP contribution in [0.5, 0.6) is 0 Å². The Morgan fingerprint density at radius 1 is 1.50 bits per heavy atom. The van der Waals surface area contributed by atoms with Gasteiger partial charge in [-0.3, -0.25) is 0 Å². The smallest absolute Gasteiger partial charge is 0.333 e. The van der Waals surface area contributed by atoms with Crippen LogP contribution in [0.1, 0.15) is 26.7 Å². The molecule has 0 atom stereocenters. The quantitative estimate of drug-likeness (QED) is 0.414. The summed E-state index contributed by atoms with van der Waals surface area (Å²) in [4.78, 5) is 11.3. The Bertz CT molecular complexity index is 217. The van der Waals surface area contributed by atoms with Crippen LogP contribution in [0, 0.1) is 0 Å². The molecular weight excluding hydrogens is 172 g/mol. The molecule has 1 rings (SSSR count). The Hall–Kier alpha value is -0.440. The molecule has 1 fully saturated rings. The number of thiol groups is 1. The van der Waals surface area contributed by atoms with Gasteiger partial charge in [-0.25, -0.2) is 4.79 Å². The zero-order valence-electron chi connectivity index (χ0n) is 7.46. The summed E-state index contributed by atoms with van der Waals surface area (Å²) >= 11 is 4.09. The summed E-state index contributed by atoms with van der Waals surface area (Å²) in [6.07, 6.45) is 2.25. The van der Waals surface area contributed by atoms with E-state index in [2.05, 4.69) is 12.6 Å². The molecule has 0 spiro atoms. The predicted octanol–water partition coefficient (Wildman–Crippen LogP) is 1.96. The largest absolute Gasteiger partial charge is 0.459 e. The van der Waals surface area contributed by atoms with E-state index >= 15 is 0 Å². The van der Waals surface area contributed by atoms with Gasteiger partial charge in [0.05, 0.1) is 0 Å². The fraction of sp³-hybridized carbons (Fsp3) is 0.667. The number of hydrogen-bond donors (Lipinski definition) is 1. The fourth-order valence-electron chi connectivity index (χ4n) is 0.718. The van der Waals surface area contributed by atoms with E-state index in [4.69, 9.17) is 4.74 Å². The highest BCUT2D eigenvalue weighted by Crippen LogP contribution is 2.24. The van der Waals surface area contributed by atoms with Crippen molar-refractivity contribution < 1.29 is 9.53 Å². The summed E-state index contributed by atoms with van der Waals surface area (Å²) in [6, 6.07) is 0. The van der Waals surface area contributed by atoms with E-state index in [1.165, 1.54) is 0 Å². The molecule has 0 aliphatic heterocycles. The van der Waals surface area contributed by atoms with Gasteiger partial charge in [-0.2, -0.15) is 12.6 Å². The van der Waals surface area contributed by atoms with Crippen LogP contribution in [0.4, 0.5) is 0 Å². The van der Waals surface area contributed by atoms with Gasteiger partial charge in [0.15, 0.2) is 0 Å². The molecule has 68 valence electrons. The van der Waals surface area contributed by atoms with Gasteiger partial charge in [0.25, 0.3) is 0 Å². The van der Waals surface area contributed by atoms with Gasteiger partial charge >= 0.3 is 5.97 Å². The summed E-state index contributed by atoms with van der Waals surface area (Å²) in [6.45, 7) is 3.69. The molecule has 1 saturated carbocycles. The Morgan fingerprint density at radius 3 is 2.50 bits per heavy atom. The molecule has 0 bridgehead atoms. The Morgan fingerprint density at radius 2 is 2.08 bits per heavy atom. The summed E-state index contributed by atoms with van der Waals surface area (Å²) in [5, 5.41) is 0. The number of carbonyl (C=O) groups is 1. The molecule has 0 heterocycles. The van der Waals surface area contributed by atoms with E-state index in [-0.39, 0.29) is 12.1 Å². The van der Waals surface area contributed by atoms with Crippen molar-refractivity contribution in [2.24, 2.45) is 0 Å². The van der Waals surface area contributed by atoms with Gasteiger partial charge in [0.2, 0.25) is 0 Å². The number of esters is 1. The van der Waals surface area contributed by atoms with E-state index in [1.54, 1.807) is 6.92 Å². The molecule has 0 N–H and O–H groups in total. The molecule has 0 aromatic heterocycles. The normalized spacial score (nSPS) is 18.6. The number of ether oxygens (including phenoxy) is 1. The van der Waals surface area contributed by atoms with Crippen LogP contribution in [-0.2, 0) is 9.53 Å². The molecule has 1 aliphatic carbocycles. The molecule has 0 unspecified atom stereocenters. The van der Waals surface area contributed by atoms with Gasteiger partial charge in [-0.1, -0.05) is 5.57 Å². The predicted molar refractivity (Wildman–Crippen MR) is 51.3 cm³/mol. The van der Waals surface area contributed by atoms with Crippen molar-refractivity contribution >= 4 is 18.6 Å². The number of rotatable bonds is 3. The lowest BCUT2D eigenvalue weighted by Gasteiger charge is -2.05. The van der Waals surface area contributed by atoms with Crippen LogP contribution in [-0.4, -0.2) is 17.8 Å². The Kier molecular flexibility index (Phi) is 3.20.